The maximum atomic E-state index is 5.32. The van der Waals surface area contributed by atoms with Crippen LogP contribution in [-0.2, 0) is 0 Å². The molecular weight excluding hydrogens is 661 g/mol. The van der Waals surface area contributed by atoms with Crippen molar-refractivity contribution in [2.75, 3.05) is 0 Å². The average molecular weight is 691 g/mol. The highest BCUT2D eigenvalue weighted by Gasteiger charge is 2.23. The van der Waals surface area contributed by atoms with E-state index in [1.54, 1.807) is 0 Å². The van der Waals surface area contributed by atoms with Gasteiger partial charge >= 0.3 is 0 Å². The lowest BCUT2D eigenvalue weighted by atomic mass is 9.93. The van der Waals surface area contributed by atoms with E-state index in [1.807, 2.05) is 17.4 Å². The first-order chi connectivity index (χ1) is 26.3. The van der Waals surface area contributed by atoms with Crippen molar-refractivity contribution in [1.29, 1.82) is 0 Å². The van der Waals surface area contributed by atoms with Crippen LogP contribution >= 0.6 is 11.3 Å². The van der Waals surface area contributed by atoms with Gasteiger partial charge in [-0.25, -0.2) is 9.97 Å². The van der Waals surface area contributed by atoms with Gasteiger partial charge in [-0.3, -0.25) is 0 Å². The van der Waals surface area contributed by atoms with E-state index in [0.29, 0.717) is 5.82 Å². The average Bonchev–Trinajstić information content (AvgIpc) is 3.78. The monoisotopic (exact) mass is 690 g/mol. The first-order valence-corrected chi connectivity index (χ1v) is 18.8. The molecule has 11 rings (SSSR count). The van der Waals surface area contributed by atoms with Gasteiger partial charge in [-0.1, -0.05) is 152 Å². The molecule has 0 spiro atoms. The molecule has 1 aliphatic carbocycles. The SMILES string of the molecule is c1ccc(-c2cc(-c3cc(-c4ccc5c6c(cccc46)-c4ccccc4-5)nc(-c4ccccc4)n3)cc(-c3cccc4c3sc3ccccc34)c2)cc1. The summed E-state index contributed by atoms with van der Waals surface area (Å²) in [6, 6.07) is 65.5. The Bertz CT molecular complexity index is 3020. The molecule has 246 valence electrons. The second-order valence-corrected chi connectivity index (χ2v) is 14.8. The number of nitrogens with zero attached hydrogens (tertiary/aromatic N) is 2. The second-order valence-electron chi connectivity index (χ2n) is 13.7. The van der Waals surface area contributed by atoms with Crippen LogP contribution < -0.4 is 0 Å². The summed E-state index contributed by atoms with van der Waals surface area (Å²) in [5.41, 5.74) is 14.8. The van der Waals surface area contributed by atoms with Crippen molar-refractivity contribution >= 4 is 42.3 Å². The molecule has 0 N–H and O–H groups in total. The molecule has 0 unspecified atom stereocenters. The Labute approximate surface area is 311 Å². The summed E-state index contributed by atoms with van der Waals surface area (Å²) in [4.78, 5) is 10.6. The molecule has 8 aromatic carbocycles. The third-order valence-electron chi connectivity index (χ3n) is 10.6. The molecule has 0 saturated heterocycles. The first kappa shape index (κ1) is 30.0. The van der Waals surface area contributed by atoms with Crippen molar-refractivity contribution in [1.82, 2.24) is 9.97 Å². The Morgan fingerprint density at radius 2 is 0.887 bits per heavy atom. The highest BCUT2D eigenvalue weighted by molar-refractivity contribution is 7.26. The molecule has 2 heterocycles. The Morgan fingerprint density at radius 1 is 0.321 bits per heavy atom. The van der Waals surface area contributed by atoms with Gasteiger partial charge in [-0.2, -0.15) is 0 Å². The predicted molar refractivity (Wildman–Crippen MR) is 224 cm³/mol. The first-order valence-electron chi connectivity index (χ1n) is 18.0. The van der Waals surface area contributed by atoms with Crippen molar-refractivity contribution in [3.8, 4) is 78.4 Å². The normalized spacial score (nSPS) is 11.8. The van der Waals surface area contributed by atoms with Crippen molar-refractivity contribution in [3.05, 3.63) is 182 Å². The van der Waals surface area contributed by atoms with Gasteiger partial charge in [0, 0.05) is 36.9 Å². The van der Waals surface area contributed by atoms with Gasteiger partial charge in [-0.15, -0.1) is 11.3 Å². The van der Waals surface area contributed by atoms with Gasteiger partial charge < -0.3 is 0 Å². The van der Waals surface area contributed by atoms with E-state index in [0.717, 1.165) is 33.6 Å². The van der Waals surface area contributed by atoms with Crippen molar-refractivity contribution < 1.29 is 0 Å². The molecule has 0 radical (unpaired) electrons. The van der Waals surface area contributed by atoms with Gasteiger partial charge in [0.1, 0.15) is 0 Å². The molecule has 1 aliphatic rings. The lowest BCUT2D eigenvalue weighted by molar-refractivity contribution is 1.19. The van der Waals surface area contributed by atoms with Crippen molar-refractivity contribution in [2.24, 2.45) is 0 Å². The molecular formula is C50H30N2S. The van der Waals surface area contributed by atoms with E-state index in [4.69, 9.17) is 9.97 Å². The van der Waals surface area contributed by atoms with E-state index in [-0.39, 0.29) is 0 Å². The number of thiophene rings is 1. The summed E-state index contributed by atoms with van der Waals surface area (Å²) >= 11 is 1.86. The van der Waals surface area contributed by atoms with Crippen LogP contribution in [0.3, 0.4) is 0 Å². The zero-order valence-electron chi connectivity index (χ0n) is 28.6. The van der Waals surface area contributed by atoms with E-state index < -0.39 is 0 Å². The van der Waals surface area contributed by atoms with Crippen LogP contribution in [0, 0.1) is 0 Å². The molecule has 10 aromatic rings. The minimum atomic E-state index is 0.711. The van der Waals surface area contributed by atoms with Crippen molar-refractivity contribution in [3.63, 3.8) is 0 Å². The summed E-state index contributed by atoms with van der Waals surface area (Å²) in [6.07, 6.45) is 0. The van der Waals surface area contributed by atoms with Crippen LogP contribution in [0.1, 0.15) is 0 Å². The van der Waals surface area contributed by atoms with E-state index in [9.17, 15) is 0 Å². The molecule has 2 aromatic heterocycles. The lowest BCUT2D eigenvalue weighted by Crippen LogP contribution is -1.97. The van der Waals surface area contributed by atoms with Crippen LogP contribution in [0.2, 0.25) is 0 Å². The summed E-state index contributed by atoms with van der Waals surface area (Å²) in [6.45, 7) is 0. The summed E-state index contributed by atoms with van der Waals surface area (Å²) in [7, 11) is 0. The number of hydrogen-bond acceptors (Lipinski definition) is 3. The molecule has 3 heteroatoms. The van der Waals surface area contributed by atoms with Gasteiger partial charge in [0.15, 0.2) is 5.82 Å². The molecule has 0 fully saturated rings. The summed E-state index contributed by atoms with van der Waals surface area (Å²) < 4.78 is 2.60. The van der Waals surface area contributed by atoms with E-state index in [2.05, 4.69) is 176 Å². The van der Waals surface area contributed by atoms with Crippen LogP contribution in [-0.4, -0.2) is 9.97 Å². The fourth-order valence-electron chi connectivity index (χ4n) is 8.18. The van der Waals surface area contributed by atoms with Crippen molar-refractivity contribution in [2.45, 2.75) is 0 Å². The van der Waals surface area contributed by atoms with Gasteiger partial charge in [0.25, 0.3) is 0 Å². The van der Waals surface area contributed by atoms with Crippen LogP contribution in [0.15, 0.2) is 182 Å². The Balaban J connectivity index is 1.16. The Kier molecular flexibility index (Phi) is 6.76. The smallest absolute Gasteiger partial charge is 0.160 e. The molecule has 53 heavy (non-hydrogen) atoms. The fraction of sp³-hybridized carbons (Fsp3) is 0. The van der Waals surface area contributed by atoms with Crippen LogP contribution in [0.5, 0.6) is 0 Å². The van der Waals surface area contributed by atoms with Gasteiger partial charge in [0.05, 0.1) is 11.4 Å². The maximum Gasteiger partial charge on any atom is 0.160 e. The van der Waals surface area contributed by atoms with Gasteiger partial charge in [-0.05, 0) is 85.6 Å². The highest BCUT2D eigenvalue weighted by atomic mass is 32.1. The number of hydrogen-bond donors (Lipinski definition) is 0. The molecule has 0 amide bonds. The number of fused-ring (bicyclic) bond motifs is 6. The molecule has 2 nitrogen and oxygen atoms in total. The Morgan fingerprint density at radius 3 is 1.70 bits per heavy atom. The second kappa shape index (κ2) is 11.9. The zero-order chi connectivity index (χ0) is 34.9. The van der Waals surface area contributed by atoms with Crippen LogP contribution in [0.4, 0.5) is 0 Å². The molecule has 0 bridgehead atoms. The highest BCUT2D eigenvalue weighted by Crippen LogP contribution is 2.49. The fourth-order valence-corrected chi connectivity index (χ4v) is 9.42. The lowest BCUT2D eigenvalue weighted by Gasteiger charge is -2.15. The maximum absolute atomic E-state index is 5.32. The number of aromatic nitrogens is 2. The third-order valence-corrected chi connectivity index (χ3v) is 11.9. The zero-order valence-corrected chi connectivity index (χ0v) is 29.4. The van der Waals surface area contributed by atoms with E-state index >= 15 is 0 Å². The van der Waals surface area contributed by atoms with E-state index in [1.165, 1.54) is 69.9 Å². The molecule has 0 atom stereocenters. The molecule has 0 aliphatic heterocycles. The Hall–Kier alpha value is -6.68. The topological polar surface area (TPSA) is 25.8 Å². The van der Waals surface area contributed by atoms with Crippen LogP contribution in [0.25, 0.3) is 109 Å². The summed E-state index contributed by atoms with van der Waals surface area (Å²) in [5.74, 6) is 0.711. The minimum absolute atomic E-state index is 0.711. The van der Waals surface area contributed by atoms with Gasteiger partial charge in [0.2, 0.25) is 0 Å². The standard InChI is InChI=1S/C50H30N2S/c1-3-13-31(14-4-1)33-27-34(36-20-11-23-44-40-19-9-10-24-47(40)53-49(36)44)29-35(28-33)45-30-46(52-50(51-45)32-15-5-2-6-16-32)39-25-26-43-38-18-8-7-17-37(38)41-21-12-22-42(39)48(41)43/h1-30H. The third kappa shape index (κ3) is 4.86. The summed E-state index contributed by atoms with van der Waals surface area (Å²) in [5, 5.41) is 5.09. The largest absolute Gasteiger partial charge is 0.228 e. The predicted octanol–water partition coefficient (Wildman–Crippen LogP) is 14.0. The number of rotatable bonds is 5. The quantitative estimate of drug-likeness (QED) is 0.180. The minimum Gasteiger partial charge on any atom is -0.228 e. The molecule has 0 saturated carbocycles. The number of benzene rings is 8.